The van der Waals surface area contributed by atoms with E-state index in [1.54, 1.807) is 6.92 Å². The summed E-state index contributed by atoms with van der Waals surface area (Å²) in [6.07, 6.45) is 0.535. The number of hydrogen-bond donors (Lipinski definition) is 3. The monoisotopic (exact) mass is 243 g/mol. The first-order valence-corrected chi connectivity index (χ1v) is 5.44. The summed E-state index contributed by atoms with van der Waals surface area (Å²) >= 11 is 1.01. The fraction of sp³-hybridized carbons (Fsp3) is 0.500. The molecular weight excluding hydrogens is 230 g/mol. The molecule has 1 aromatic rings. The molecule has 1 heterocycles. The van der Waals surface area contributed by atoms with Gasteiger partial charge in [-0.3, -0.25) is 4.79 Å². The highest BCUT2D eigenvalue weighted by Crippen LogP contribution is 2.09. The van der Waals surface area contributed by atoms with E-state index in [0.29, 0.717) is 17.0 Å². The Morgan fingerprint density at radius 1 is 1.75 bits per heavy atom. The number of amides is 1. The van der Waals surface area contributed by atoms with Crippen molar-refractivity contribution in [2.45, 2.75) is 26.3 Å². The van der Waals surface area contributed by atoms with Gasteiger partial charge < -0.3 is 16.3 Å². The predicted octanol–water partition coefficient (Wildman–Crippen LogP) is 0.101. The van der Waals surface area contributed by atoms with Gasteiger partial charge in [0.2, 0.25) is 0 Å². The predicted molar refractivity (Wildman–Crippen MR) is 59.6 cm³/mol. The summed E-state index contributed by atoms with van der Waals surface area (Å²) in [5, 5.41) is 17.8. The lowest BCUT2D eigenvalue weighted by molar-refractivity contribution is 0.0949. The average molecular weight is 243 g/mol. The van der Waals surface area contributed by atoms with E-state index in [1.807, 2.05) is 6.92 Å². The molecule has 0 radical (unpaired) electrons. The van der Waals surface area contributed by atoms with Gasteiger partial charge in [-0.05, 0) is 24.9 Å². The molecule has 8 heteroatoms. The molecule has 1 rings (SSSR count). The maximum absolute atomic E-state index is 11.7. The van der Waals surface area contributed by atoms with Gasteiger partial charge in [0.05, 0.1) is 11.7 Å². The van der Waals surface area contributed by atoms with Gasteiger partial charge in [-0.15, -0.1) is 5.10 Å². The van der Waals surface area contributed by atoms with Crippen LogP contribution in [0.5, 0.6) is 0 Å². The summed E-state index contributed by atoms with van der Waals surface area (Å²) in [4.78, 5) is 12.2. The molecule has 1 unspecified atom stereocenters. The smallest absolute Gasteiger partial charge is 0.265 e. The van der Waals surface area contributed by atoms with E-state index in [0.717, 1.165) is 11.5 Å². The number of aryl methyl sites for hydroxylation is 1. The van der Waals surface area contributed by atoms with E-state index in [9.17, 15) is 4.79 Å². The molecule has 0 spiro atoms. The van der Waals surface area contributed by atoms with Gasteiger partial charge in [0.15, 0.2) is 5.84 Å². The number of oxime groups is 1. The molecule has 1 aromatic heterocycles. The Morgan fingerprint density at radius 2 is 2.44 bits per heavy atom. The zero-order valence-electron chi connectivity index (χ0n) is 8.97. The number of carbonyl (C=O) groups is 1. The Bertz CT molecular complexity index is 403. The van der Waals surface area contributed by atoms with Crippen molar-refractivity contribution in [2.75, 3.05) is 0 Å². The maximum atomic E-state index is 11.7. The number of hydrogen-bond acceptors (Lipinski definition) is 6. The topological polar surface area (TPSA) is 113 Å². The number of rotatable bonds is 4. The van der Waals surface area contributed by atoms with Crippen molar-refractivity contribution in [3.8, 4) is 0 Å². The Kier molecular flexibility index (Phi) is 4.18. The molecule has 16 heavy (non-hydrogen) atoms. The number of nitrogens with one attached hydrogen (secondary N) is 1. The molecule has 7 nitrogen and oxygen atoms in total. The zero-order chi connectivity index (χ0) is 12.1. The van der Waals surface area contributed by atoms with Crippen molar-refractivity contribution in [1.29, 1.82) is 0 Å². The molecule has 88 valence electrons. The second kappa shape index (κ2) is 5.40. The van der Waals surface area contributed by atoms with Gasteiger partial charge in [-0.2, -0.15) is 0 Å². The van der Waals surface area contributed by atoms with E-state index < -0.39 is 6.04 Å². The van der Waals surface area contributed by atoms with Crippen LogP contribution in [0.2, 0.25) is 0 Å². The molecule has 0 fully saturated rings. The number of nitrogens with two attached hydrogens (primary N) is 1. The van der Waals surface area contributed by atoms with Gasteiger partial charge in [0.25, 0.3) is 5.91 Å². The minimum Gasteiger partial charge on any atom is -0.409 e. The molecule has 0 aliphatic rings. The normalized spacial score (nSPS) is 13.5. The highest BCUT2D eigenvalue weighted by Gasteiger charge is 2.19. The summed E-state index contributed by atoms with van der Waals surface area (Å²) in [5.74, 6) is -0.336. The lowest BCUT2D eigenvalue weighted by atomic mass is 10.2. The third kappa shape index (κ3) is 2.66. The van der Waals surface area contributed by atoms with Crippen molar-refractivity contribution in [3.63, 3.8) is 0 Å². The number of nitrogens with zero attached hydrogens (tertiary/aromatic N) is 3. The van der Waals surface area contributed by atoms with Gasteiger partial charge >= 0.3 is 0 Å². The summed E-state index contributed by atoms with van der Waals surface area (Å²) < 4.78 is 3.66. The molecule has 1 atom stereocenters. The molecular formula is C8H13N5O2S. The molecule has 1 amide bonds. The summed E-state index contributed by atoms with van der Waals surface area (Å²) in [6.45, 7) is 3.52. The summed E-state index contributed by atoms with van der Waals surface area (Å²) in [6, 6.07) is -0.487. The molecule has 4 N–H and O–H groups in total. The van der Waals surface area contributed by atoms with E-state index in [1.165, 1.54) is 0 Å². The molecule has 0 aromatic carbocycles. The van der Waals surface area contributed by atoms with Crippen LogP contribution in [0.25, 0.3) is 0 Å². The van der Waals surface area contributed by atoms with Crippen LogP contribution in [0.3, 0.4) is 0 Å². The first kappa shape index (κ1) is 12.4. The minimum atomic E-state index is -0.487. The minimum absolute atomic E-state index is 0.0222. The van der Waals surface area contributed by atoms with Gasteiger partial charge in [-0.1, -0.05) is 16.6 Å². The Labute approximate surface area is 96.5 Å². The molecule has 0 saturated carbocycles. The SMILES string of the molecule is CCC(NC(=O)c1snnc1C)C(N)=NO. The third-order valence-electron chi connectivity index (χ3n) is 2.04. The zero-order valence-corrected chi connectivity index (χ0v) is 9.78. The number of amidine groups is 1. The van der Waals surface area contributed by atoms with Gasteiger partial charge in [0.1, 0.15) is 4.88 Å². The maximum Gasteiger partial charge on any atom is 0.265 e. The van der Waals surface area contributed by atoms with Crippen molar-refractivity contribution in [2.24, 2.45) is 10.9 Å². The number of carbonyl (C=O) groups excluding carboxylic acids is 1. The lowest BCUT2D eigenvalue weighted by Crippen LogP contribution is -2.44. The van der Waals surface area contributed by atoms with Crippen molar-refractivity contribution < 1.29 is 10.0 Å². The average Bonchev–Trinajstić information content (AvgIpc) is 2.71. The highest BCUT2D eigenvalue weighted by molar-refractivity contribution is 7.08. The van der Waals surface area contributed by atoms with Crippen LogP contribution in [0.4, 0.5) is 0 Å². The standard InChI is InChI=1S/C8H13N5O2S/c1-3-5(7(9)12-15)10-8(14)6-4(2)11-13-16-6/h5,15H,3H2,1-2H3,(H2,9,12)(H,10,14). The molecule has 0 saturated heterocycles. The van der Waals surface area contributed by atoms with Crippen molar-refractivity contribution >= 4 is 23.3 Å². The van der Waals surface area contributed by atoms with Crippen LogP contribution in [-0.4, -0.2) is 32.6 Å². The van der Waals surface area contributed by atoms with Crippen molar-refractivity contribution in [3.05, 3.63) is 10.6 Å². The fourth-order valence-corrected chi connectivity index (χ4v) is 1.68. The summed E-state index contributed by atoms with van der Waals surface area (Å²) in [5.41, 5.74) is 5.99. The van der Waals surface area contributed by atoms with Gasteiger partial charge in [-0.25, -0.2) is 0 Å². The fourth-order valence-electron chi connectivity index (χ4n) is 1.12. The van der Waals surface area contributed by atoms with E-state index >= 15 is 0 Å². The van der Waals surface area contributed by atoms with E-state index in [4.69, 9.17) is 10.9 Å². The second-order valence-corrected chi connectivity index (χ2v) is 3.90. The molecule has 0 bridgehead atoms. The van der Waals surface area contributed by atoms with Crippen LogP contribution in [-0.2, 0) is 0 Å². The first-order chi connectivity index (χ1) is 7.60. The van der Waals surface area contributed by atoms with E-state index in [-0.39, 0.29) is 11.7 Å². The quantitative estimate of drug-likeness (QED) is 0.300. The Balaban J connectivity index is 2.74. The number of aromatic nitrogens is 2. The highest BCUT2D eigenvalue weighted by atomic mass is 32.1. The largest absolute Gasteiger partial charge is 0.409 e. The van der Waals surface area contributed by atoms with Gasteiger partial charge in [0, 0.05) is 0 Å². The first-order valence-electron chi connectivity index (χ1n) is 4.67. The Morgan fingerprint density at radius 3 is 2.88 bits per heavy atom. The lowest BCUT2D eigenvalue weighted by Gasteiger charge is -2.14. The molecule has 0 aliphatic heterocycles. The van der Waals surface area contributed by atoms with Crippen LogP contribution in [0, 0.1) is 6.92 Å². The van der Waals surface area contributed by atoms with E-state index in [2.05, 4.69) is 20.1 Å². The molecule has 0 aliphatic carbocycles. The summed E-state index contributed by atoms with van der Waals surface area (Å²) in [7, 11) is 0. The van der Waals surface area contributed by atoms with Crippen LogP contribution in [0.15, 0.2) is 5.16 Å². The van der Waals surface area contributed by atoms with Crippen molar-refractivity contribution in [1.82, 2.24) is 14.9 Å². The Hall–Kier alpha value is -1.70. The third-order valence-corrected chi connectivity index (χ3v) is 2.87. The van der Waals surface area contributed by atoms with Crippen LogP contribution in [0.1, 0.15) is 28.7 Å². The van der Waals surface area contributed by atoms with Crippen LogP contribution < -0.4 is 11.1 Å². The van der Waals surface area contributed by atoms with Crippen LogP contribution >= 0.6 is 11.5 Å². The second-order valence-electron chi connectivity index (χ2n) is 3.15.